The number of likely N-dealkylation sites (N-methyl/N-ethyl adjacent to an activating group) is 1. The lowest BCUT2D eigenvalue weighted by Gasteiger charge is -2.39. The molecule has 11 nitrogen and oxygen atoms in total. The molecular formula is C34H30ClF5N8O3. The first-order valence-electron chi connectivity index (χ1n) is 15.8. The molecule has 0 aliphatic carbocycles. The fraction of sp³-hybridized carbons (Fsp3) is 0.353. The number of nitrogens with zero attached hydrogens (tertiary/aromatic N) is 8. The summed E-state index contributed by atoms with van der Waals surface area (Å²) in [4.78, 5) is 38.6. The van der Waals surface area contributed by atoms with E-state index in [4.69, 9.17) is 22.9 Å². The van der Waals surface area contributed by atoms with E-state index >= 15 is 8.78 Å². The highest BCUT2D eigenvalue weighted by Crippen LogP contribution is 2.40. The second-order valence-electron chi connectivity index (χ2n) is 12.0. The van der Waals surface area contributed by atoms with Crippen molar-refractivity contribution in [2.75, 3.05) is 51.3 Å². The van der Waals surface area contributed by atoms with Gasteiger partial charge in [-0.25, -0.2) is 25.3 Å². The van der Waals surface area contributed by atoms with Crippen molar-refractivity contribution in [3.8, 4) is 22.9 Å². The summed E-state index contributed by atoms with van der Waals surface area (Å²) in [5.74, 6) is -3.48. The molecule has 0 unspecified atom stereocenters. The van der Waals surface area contributed by atoms with Crippen molar-refractivity contribution in [1.29, 1.82) is 0 Å². The maximum Gasteiger partial charge on any atom is 0.573 e. The Balaban J connectivity index is 1.38. The van der Waals surface area contributed by atoms with E-state index in [1.807, 2.05) is 7.05 Å². The summed E-state index contributed by atoms with van der Waals surface area (Å²) in [6.45, 7) is 8.51. The standard InChI is InChI=1S/C34H30ClF5N8O3/c1-41-17-22-18-47(13-14-48(22)32(49)26(36)16-28-42-10-4-11-43-28)31-24-8-7-23(25-15-20(35)6-9-27(25)51-34(38,39)40)29(37)30(24)44-33(45-31)50-19-21-5-3-12-46(21)2/h4,6-11,15-16,21-22H,3,5,12-14,17-19H2,2H3/b26-16-/t21-,22-/m0/s1. The van der Waals surface area contributed by atoms with E-state index in [-0.39, 0.29) is 83.5 Å². The lowest BCUT2D eigenvalue weighted by atomic mass is 10.0. The minimum Gasteiger partial charge on any atom is -0.462 e. The molecule has 2 atom stereocenters. The number of amides is 1. The molecular weight excluding hydrogens is 699 g/mol. The molecule has 2 saturated heterocycles. The Morgan fingerprint density at radius 1 is 1.10 bits per heavy atom. The van der Waals surface area contributed by atoms with E-state index in [1.54, 1.807) is 11.0 Å². The predicted molar refractivity (Wildman–Crippen MR) is 178 cm³/mol. The number of benzene rings is 2. The highest BCUT2D eigenvalue weighted by Gasteiger charge is 2.37. The van der Waals surface area contributed by atoms with Crippen molar-refractivity contribution in [2.45, 2.75) is 31.3 Å². The number of hydrogen-bond donors (Lipinski definition) is 0. The summed E-state index contributed by atoms with van der Waals surface area (Å²) in [6, 6.07) is 6.71. The number of ether oxygens (including phenoxy) is 2. The molecule has 266 valence electrons. The third-order valence-corrected chi connectivity index (χ3v) is 8.93. The van der Waals surface area contributed by atoms with Crippen molar-refractivity contribution in [2.24, 2.45) is 0 Å². The van der Waals surface area contributed by atoms with Gasteiger partial charge in [0.05, 0.1) is 0 Å². The van der Waals surface area contributed by atoms with Gasteiger partial charge < -0.3 is 29.0 Å². The third-order valence-electron chi connectivity index (χ3n) is 8.69. The van der Waals surface area contributed by atoms with Gasteiger partial charge >= 0.3 is 12.4 Å². The molecule has 4 heterocycles. The fourth-order valence-corrected chi connectivity index (χ4v) is 6.37. The predicted octanol–water partition coefficient (Wildman–Crippen LogP) is 6.20. The number of rotatable bonds is 9. The second kappa shape index (κ2) is 15.0. The Morgan fingerprint density at radius 2 is 1.88 bits per heavy atom. The van der Waals surface area contributed by atoms with Crippen LogP contribution in [0.5, 0.6) is 11.8 Å². The first-order valence-corrected chi connectivity index (χ1v) is 16.2. The topological polar surface area (TPSA) is 101 Å². The number of alkyl halides is 3. The molecule has 2 aliphatic rings. The van der Waals surface area contributed by atoms with Crippen LogP contribution in [-0.2, 0) is 4.79 Å². The number of fused-ring (bicyclic) bond motifs is 1. The minimum absolute atomic E-state index is 0.00348. The second-order valence-corrected chi connectivity index (χ2v) is 12.4. The van der Waals surface area contributed by atoms with Crippen LogP contribution in [-0.4, -0.2) is 100 Å². The van der Waals surface area contributed by atoms with Crippen molar-refractivity contribution in [1.82, 2.24) is 29.7 Å². The van der Waals surface area contributed by atoms with Gasteiger partial charge in [0.2, 0.25) is 6.54 Å². The molecule has 2 fully saturated rings. The van der Waals surface area contributed by atoms with Crippen LogP contribution >= 0.6 is 11.6 Å². The largest absolute Gasteiger partial charge is 0.573 e. The number of aromatic nitrogens is 4. The van der Waals surface area contributed by atoms with Gasteiger partial charge in [-0.1, -0.05) is 17.7 Å². The van der Waals surface area contributed by atoms with Gasteiger partial charge in [0, 0.05) is 65.7 Å². The Morgan fingerprint density at radius 3 is 2.59 bits per heavy atom. The van der Waals surface area contributed by atoms with Crippen LogP contribution in [0.25, 0.3) is 33.0 Å². The summed E-state index contributed by atoms with van der Waals surface area (Å²) in [7, 11) is 1.95. The van der Waals surface area contributed by atoms with Crippen LogP contribution < -0.4 is 14.4 Å². The average molecular weight is 729 g/mol. The zero-order valence-electron chi connectivity index (χ0n) is 27.1. The third kappa shape index (κ3) is 8.10. The number of hydrogen-bond acceptors (Lipinski definition) is 9. The summed E-state index contributed by atoms with van der Waals surface area (Å²) in [6.07, 6.45) is 0.500. The fourth-order valence-electron chi connectivity index (χ4n) is 6.20. The van der Waals surface area contributed by atoms with Crippen molar-refractivity contribution in [3.05, 3.63) is 82.7 Å². The summed E-state index contributed by atoms with van der Waals surface area (Å²) < 4.78 is 81.7. The van der Waals surface area contributed by atoms with Gasteiger partial charge in [0.25, 0.3) is 5.91 Å². The maximum absolute atomic E-state index is 16.6. The van der Waals surface area contributed by atoms with Gasteiger partial charge in [0.15, 0.2) is 17.5 Å². The number of piperazine rings is 1. The zero-order valence-corrected chi connectivity index (χ0v) is 27.8. The molecule has 0 saturated carbocycles. The van der Waals surface area contributed by atoms with Crippen LogP contribution in [0.1, 0.15) is 18.7 Å². The first kappa shape index (κ1) is 35.7. The lowest BCUT2D eigenvalue weighted by molar-refractivity contribution is -0.274. The molecule has 2 aromatic heterocycles. The first-order chi connectivity index (χ1) is 24.4. The number of halogens is 6. The number of anilines is 1. The van der Waals surface area contributed by atoms with Gasteiger partial charge in [-0.15, -0.1) is 13.2 Å². The Kier molecular flexibility index (Phi) is 10.5. The van der Waals surface area contributed by atoms with Gasteiger partial charge in [-0.2, -0.15) is 9.97 Å². The monoisotopic (exact) mass is 728 g/mol. The van der Waals surface area contributed by atoms with Crippen LogP contribution in [0.3, 0.4) is 0 Å². The van der Waals surface area contributed by atoms with Crippen molar-refractivity contribution >= 4 is 40.3 Å². The smallest absolute Gasteiger partial charge is 0.462 e. The Bertz CT molecular complexity index is 2000. The molecule has 2 aliphatic heterocycles. The van der Waals surface area contributed by atoms with Crippen LogP contribution in [0.2, 0.25) is 5.02 Å². The normalized spacial score (nSPS) is 18.6. The maximum atomic E-state index is 16.6. The molecule has 17 heteroatoms. The van der Waals surface area contributed by atoms with E-state index in [9.17, 15) is 18.0 Å². The lowest BCUT2D eigenvalue weighted by Crippen LogP contribution is -2.56. The number of carbonyl (C=O) groups is 1. The van der Waals surface area contributed by atoms with E-state index in [0.29, 0.717) is 0 Å². The van der Waals surface area contributed by atoms with Crippen molar-refractivity contribution in [3.63, 3.8) is 0 Å². The molecule has 0 spiro atoms. The van der Waals surface area contributed by atoms with E-state index in [2.05, 4.69) is 34.4 Å². The van der Waals surface area contributed by atoms with Crippen LogP contribution in [0, 0.1) is 12.4 Å². The summed E-state index contributed by atoms with van der Waals surface area (Å²) in [5.41, 5.74) is -0.765. The van der Waals surface area contributed by atoms with Gasteiger partial charge in [-0.05, 0) is 56.8 Å². The van der Waals surface area contributed by atoms with Gasteiger partial charge in [0.1, 0.15) is 29.7 Å². The van der Waals surface area contributed by atoms with Gasteiger partial charge in [-0.3, -0.25) is 4.79 Å². The van der Waals surface area contributed by atoms with E-state index < -0.39 is 35.7 Å². The molecule has 2 aromatic carbocycles. The van der Waals surface area contributed by atoms with E-state index in [1.165, 1.54) is 35.5 Å². The molecule has 51 heavy (non-hydrogen) atoms. The van der Waals surface area contributed by atoms with E-state index in [0.717, 1.165) is 37.6 Å². The molecule has 0 N–H and O–H groups in total. The number of carbonyl (C=O) groups excluding carboxylic acids is 1. The summed E-state index contributed by atoms with van der Waals surface area (Å²) in [5, 5.41) is 0.239. The number of likely N-dealkylation sites (tertiary alicyclic amines) is 1. The zero-order chi connectivity index (χ0) is 36.3. The quantitative estimate of drug-likeness (QED) is 0.113. The Hall–Kier alpha value is -5.14. The highest BCUT2D eigenvalue weighted by atomic mass is 35.5. The highest BCUT2D eigenvalue weighted by molar-refractivity contribution is 6.31. The van der Waals surface area contributed by atoms with Crippen LogP contribution in [0.4, 0.5) is 27.8 Å². The average Bonchev–Trinajstić information content (AvgIpc) is 3.52. The van der Waals surface area contributed by atoms with Crippen LogP contribution in [0.15, 0.2) is 54.6 Å². The molecule has 0 radical (unpaired) electrons. The molecule has 0 bridgehead atoms. The van der Waals surface area contributed by atoms with Crippen molar-refractivity contribution < 1.29 is 36.2 Å². The molecule has 4 aromatic rings. The minimum atomic E-state index is -5.06. The molecule has 1 amide bonds. The SMILES string of the molecule is [C-]#[N+]C[C@H]1CN(c2nc(OC[C@@H]3CCCN3C)nc3c(F)c(-c4cc(Cl)ccc4OC(F)(F)F)ccc23)CCN1C(=O)/C(F)=C/c1ncccn1. The Labute approximate surface area is 294 Å². The molecule has 6 rings (SSSR count). The summed E-state index contributed by atoms with van der Waals surface area (Å²) >= 11 is 6.11.